The second-order valence-corrected chi connectivity index (χ2v) is 10.4. The van der Waals surface area contributed by atoms with Crippen molar-refractivity contribution in [3.05, 3.63) is 18.2 Å². The summed E-state index contributed by atoms with van der Waals surface area (Å²) in [6.07, 6.45) is 7.82. The average Bonchev–Trinajstić information content (AvgIpc) is 3.38. The van der Waals surface area contributed by atoms with Crippen molar-refractivity contribution < 1.29 is 24.3 Å². The number of rotatable bonds is 19. The molecule has 0 spiro atoms. The highest BCUT2D eigenvalue weighted by molar-refractivity contribution is 7.98. The van der Waals surface area contributed by atoms with E-state index >= 15 is 0 Å². The molecule has 1 aromatic rings. The van der Waals surface area contributed by atoms with Gasteiger partial charge in [0.05, 0.1) is 12.4 Å². The molecule has 214 valence electrons. The van der Waals surface area contributed by atoms with Gasteiger partial charge in [-0.1, -0.05) is 0 Å². The maximum atomic E-state index is 13.2. The number of imidazole rings is 1. The molecule has 3 amide bonds. The third-order valence-corrected chi connectivity index (χ3v) is 6.67. The quantitative estimate of drug-likeness (QED) is 0.0531. The monoisotopic (exact) mass is 573 g/mol. The summed E-state index contributed by atoms with van der Waals surface area (Å²) in [6, 6.07) is -4.06. The Balaban J connectivity index is 3.00. The molecule has 0 radical (unpaired) electrons. The highest BCUT2D eigenvalue weighted by Gasteiger charge is 2.30. The number of thioether (sulfide) groups is 2. The summed E-state index contributed by atoms with van der Waals surface area (Å²) in [5.74, 6) is -1.82. The van der Waals surface area contributed by atoms with Crippen molar-refractivity contribution in [1.29, 1.82) is 0 Å². The Bertz CT molecular complexity index is 913. The standard InChI is InChI=1S/C22H39N9O5S2/c1-37-8-5-14(23)18(32)29-16(6-9-38-2)20(34)30-15(4-3-7-27-22(24)25)19(33)31-17(21(35)36)10-13-11-26-12-28-13/h11-12,14-17H,3-10,23H2,1-2H3,(H,26,28)(H,29,32)(H,30,34)(H,31,33)(H,35,36)(H4,24,25,27). The number of aliphatic imine (C=N–C) groups is 1. The van der Waals surface area contributed by atoms with Crippen molar-refractivity contribution in [2.45, 2.75) is 56.3 Å². The molecule has 38 heavy (non-hydrogen) atoms. The Kier molecular flexibility index (Phi) is 15.9. The zero-order chi connectivity index (χ0) is 28.5. The molecular formula is C22H39N9O5S2. The minimum atomic E-state index is -1.26. The van der Waals surface area contributed by atoms with E-state index in [-0.39, 0.29) is 25.3 Å². The van der Waals surface area contributed by atoms with Gasteiger partial charge in [-0.3, -0.25) is 19.4 Å². The molecule has 0 bridgehead atoms. The smallest absolute Gasteiger partial charge is 0.326 e. The van der Waals surface area contributed by atoms with E-state index in [0.29, 0.717) is 36.5 Å². The van der Waals surface area contributed by atoms with Crippen LogP contribution in [0.15, 0.2) is 17.5 Å². The molecule has 1 heterocycles. The normalized spacial score (nSPS) is 14.0. The van der Waals surface area contributed by atoms with Gasteiger partial charge in [-0.2, -0.15) is 23.5 Å². The Morgan fingerprint density at radius 1 is 0.974 bits per heavy atom. The van der Waals surface area contributed by atoms with Crippen LogP contribution >= 0.6 is 23.5 Å². The van der Waals surface area contributed by atoms with Crippen LogP contribution in [0, 0.1) is 0 Å². The second-order valence-electron chi connectivity index (χ2n) is 8.42. The number of H-pyrrole nitrogens is 1. The van der Waals surface area contributed by atoms with Gasteiger partial charge in [0.25, 0.3) is 0 Å². The Morgan fingerprint density at radius 2 is 1.55 bits per heavy atom. The maximum absolute atomic E-state index is 13.2. The van der Waals surface area contributed by atoms with E-state index in [2.05, 4.69) is 30.9 Å². The van der Waals surface area contributed by atoms with Crippen LogP contribution in [0.25, 0.3) is 0 Å². The number of hydrogen-bond donors (Lipinski definition) is 8. The summed E-state index contributed by atoms with van der Waals surface area (Å²) < 4.78 is 0. The minimum Gasteiger partial charge on any atom is -0.480 e. The van der Waals surface area contributed by atoms with Gasteiger partial charge in [0.2, 0.25) is 17.7 Å². The first kappa shape index (κ1) is 33.0. The second kappa shape index (κ2) is 18.3. The third-order valence-electron chi connectivity index (χ3n) is 5.39. The topological polar surface area (TPSA) is 244 Å². The minimum absolute atomic E-state index is 0.0317. The number of carboxylic acid groups (broad SMARTS) is 1. The number of carbonyl (C=O) groups is 4. The van der Waals surface area contributed by atoms with Crippen LogP contribution in [0.2, 0.25) is 0 Å². The Morgan fingerprint density at radius 3 is 2.11 bits per heavy atom. The van der Waals surface area contributed by atoms with Crippen LogP contribution in [0.1, 0.15) is 31.4 Å². The van der Waals surface area contributed by atoms with E-state index in [9.17, 15) is 24.3 Å². The van der Waals surface area contributed by atoms with Crippen molar-refractivity contribution in [2.75, 3.05) is 30.6 Å². The molecule has 4 unspecified atom stereocenters. The lowest BCUT2D eigenvalue weighted by Gasteiger charge is -2.25. The molecule has 0 aliphatic rings. The molecule has 1 aromatic heterocycles. The van der Waals surface area contributed by atoms with Gasteiger partial charge < -0.3 is 43.2 Å². The highest BCUT2D eigenvalue weighted by atomic mass is 32.2. The lowest BCUT2D eigenvalue weighted by atomic mass is 10.1. The van der Waals surface area contributed by atoms with Crippen LogP contribution in [0.5, 0.6) is 0 Å². The molecule has 0 aliphatic carbocycles. The molecule has 0 aliphatic heterocycles. The number of aliphatic carboxylic acids is 1. The fourth-order valence-corrected chi connectivity index (χ4v) is 4.25. The SMILES string of the molecule is CSCCC(N)C(=O)NC(CCSC)C(=O)NC(CCCN=C(N)N)C(=O)NC(Cc1cnc[nH]1)C(=O)O. The number of amides is 3. The van der Waals surface area contributed by atoms with Gasteiger partial charge in [-0.25, -0.2) is 9.78 Å². The first-order chi connectivity index (χ1) is 18.1. The van der Waals surface area contributed by atoms with E-state index in [1.54, 1.807) is 11.8 Å². The number of hydrogen-bond acceptors (Lipinski definition) is 9. The van der Waals surface area contributed by atoms with Crippen molar-refractivity contribution in [2.24, 2.45) is 22.2 Å². The third kappa shape index (κ3) is 13.0. The molecule has 14 nitrogen and oxygen atoms in total. The van der Waals surface area contributed by atoms with Crippen molar-refractivity contribution >= 4 is 53.2 Å². The van der Waals surface area contributed by atoms with Crippen LogP contribution in [-0.4, -0.2) is 99.5 Å². The number of nitrogens with one attached hydrogen (secondary N) is 4. The number of aromatic amines is 1. The lowest BCUT2D eigenvalue weighted by molar-refractivity contribution is -0.142. The van der Waals surface area contributed by atoms with Crippen LogP contribution in [-0.2, 0) is 25.6 Å². The first-order valence-electron chi connectivity index (χ1n) is 12.0. The molecule has 4 atom stereocenters. The Labute approximate surface area is 230 Å². The summed E-state index contributed by atoms with van der Waals surface area (Å²) >= 11 is 3.06. The number of carboxylic acids is 1. The fourth-order valence-electron chi connectivity index (χ4n) is 3.29. The summed E-state index contributed by atoms with van der Waals surface area (Å²) in [7, 11) is 0. The fraction of sp³-hybridized carbons (Fsp3) is 0.636. The largest absolute Gasteiger partial charge is 0.480 e. The van der Waals surface area contributed by atoms with Gasteiger partial charge in [-0.15, -0.1) is 0 Å². The zero-order valence-corrected chi connectivity index (χ0v) is 23.3. The van der Waals surface area contributed by atoms with Gasteiger partial charge in [0.15, 0.2) is 5.96 Å². The predicted molar refractivity (Wildman–Crippen MR) is 150 cm³/mol. The average molecular weight is 574 g/mol. The molecule has 1 rings (SSSR count). The van der Waals surface area contributed by atoms with E-state index in [1.165, 1.54) is 24.3 Å². The number of nitrogens with zero attached hydrogens (tertiary/aromatic N) is 2. The van der Waals surface area contributed by atoms with Gasteiger partial charge >= 0.3 is 5.97 Å². The summed E-state index contributed by atoms with van der Waals surface area (Å²) in [5, 5.41) is 17.4. The highest BCUT2D eigenvalue weighted by Crippen LogP contribution is 2.07. The van der Waals surface area contributed by atoms with E-state index in [0.717, 1.165) is 0 Å². The van der Waals surface area contributed by atoms with Crippen molar-refractivity contribution in [3.8, 4) is 0 Å². The first-order valence-corrected chi connectivity index (χ1v) is 14.8. The van der Waals surface area contributed by atoms with Gasteiger partial charge in [0.1, 0.15) is 18.1 Å². The zero-order valence-electron chi connectivity index (χ0n) is 21.6. The molecule has 0 saturated heterocycles. The number of guanidine groups is 1. The summed E-state index contributed by atoms with van der Waals surface area (Å²) in [6.45, 7) is 0.204. The van der Waals surface area contributed by atoms with E-state index < -0.39 is 47.9 Å². The van der Waals surface area contributed by atoms with Crippen LogP contribution in [0.3, 0.4) is 0 Å². The predicted octanol–water partition coefficient (Wildman–Crippen LogP) is -1.62. The lowest BCUT2D eigenvalue weighted by Crippen LogP contribution is -2.57. The van der Waals surface area contributed by atoms with Crippen molar-refractivity contribution in [3.63, 3.8) is 0 Å². The maximum Gasteiger partial charge on any atom is 0.326 e. The number of carbonyl (C=O) groups excluding carboxylic acids is 3. The van der Waals surface area contributed by atoms with E-state index in [4.69, 9.17) is 17.2 Å². The van der Waals surface area contributed by atoms with Gasteiger partial charge in [-0.05, 0) is 49.7 Å². The number of aromatic nitrogens is 2. The molecular weight excluding hydrogens is 534 g/mol. The molecule has 11 N–H and O–H groups in total. The van der Waals surface area contributed by atoms with E-state index in [1.807, 2.05) is 12.5 Å². The molecule has 16 heteroatoms. The molecule has 0 aromatic carbocycles. The Hall–Kier alpha value is -2.98. The summed E-state index contributed by atoms with van der Waals surface area (Å²) in [4.78, 5) is 61.2. The van der Waals surface area contributed by atoms with Crippen molar-refractivity contribution in [1.82, 2.24) is 25.9 Å². The number of nitrogens with two attached hydrogens (primary N) is 3. The summed E-state index contributed by atoms with van der Waals surface area (Å²) in [5.41, 5.74) is 17.2. The van der Waals surface area contributed by atoms with Crippen LogP contribution in [0.4, 0.5) is 0 Å². The molecule has 0 fully saturated rings. The van der Waals surface area contributed by atoms with Crippen LogP contribution < -0.4 is 33.2 Å². The molecule has 0 saturated carbocycles. The van der Waals surface area contributed by atoms with Gasteiger partial charge in [0, 0.05) is 24.9 Å².